The molecule has 0 radical (unpaired) electrons. The van der Waals surface area contributed by atoms with Gasteiger partial charge in [-0.15, -0.1) is 17.5 Å². The first kappa shape index (κ1) is 18.6. The predicted molar refractivity (Wildman–Crippen MR) is 106 cm³/mol. The highest BCUT2D eigenvalue weighted by molar-refractivity contribution is 5.85. The Morgan fingerprint density at radius 3 is 2.35 bits per heavy atom. The fraction of sp³-hybridized carbons (Fsp3) is 0.300. The Morgan fingerprint density at radius 2 is 1.65 bits per heavy atom. The molecule has 4 rings (SSSR count). The maximum Gasteiger partial charge on any atom is 0.1000 e. The van der Waals surface area contributed by atoms with E-state index >= 15 is 0 Å². The minimum Gasteiger partial charge on any atom is -0.326 e. The molecule has 3 aromatic rings. The van der Waals surface area contributed by atoms with E-state index in [4.69, 9.17) is 5.73 Å². The summed E-state index contributed by atoms with van der Waals surface area (Å²) in [6, 6.07) is 21.0. The molecular weight excluding hydrogens is 346 g/mol. The number of para-hydroxylation sites is 1. The molecule has 3 atom stereocenters. The molecule has 26 heavy (non-hydrogen) atoms. The molecule has 0 bridgehead atoms. The molecule has 2 N–H and O–H groups in total. The lowest BCUT2D eigenvalue weighted by molar-refractivity contribution is 0.252. The summed E-state index contributed by atoms with van der Waals surface area (Å²) in [6.45, 7) is 4.00. The van der Waals surface area contributed by atoms with E-state index < -0.39 is 0 Å². The highest BCUT2D eigenvalue weighted by Gasteiger charge is 2.34. The van der Waals surface area contributed by atoms with E-state index in [1.807, 2.05) is 47.3 Å². The fourth-order valence-electron chi connectivity index (χ4n) is 3.59. The first-order valence-electron chi connectivity index (χ1n) is 8.74. The number of benzene rings is 2. The predicted octanol–water partition coefficient (Wildman–Crippen LogP) is 3.18. The van der Waals surface area contributed by atoms with Crippen molar-refractivity contribution in [2.24, 2.45) is 5.73 Å². The van der Waals surface area contributed by atoms with Crippen LogP contribution in [0.2, 0.25) is 0 Å². The maximum absolute atomic E-state index is 6.43. The molecule has 1 fully saturated rings. The van der Waals surface area contributed by atoms with E-state index in [9.17, 15) is 0 Å². The molecule has 1 unspecified atom stereocenters. The summed E-state index contributed by atoms with van der Waals surface area (Å²) in [5, 5.41) is 8.67. The Morgan fingerprint density at radius 1 is 1.00 bits per heavy atom. The van der Waals surface area contributed by atoms with Crippen molar-refractivity contribution in [2.75, 3.05) is 13.1 Å². The number of hydrogen-bond acceptors (Lipinski definition) is 4. The molecule has 6 heteroatoms. The topological polar surface area (TPSA) is 60.0 Å². The largest absolute Gasteiger partial charge is 0.326 e. The molecule has 136 valence electrons. The third kappa shape index (κ3) is 3.65. The second kappa shape index (κ2) is 7.99. The quantitative estimate of drug-likeness (QED) is 0.767. The molecule has 1 saturated heterocycles. The standard InChI is InChI=1S/C20H23N5.ClH/c1-15(20-14-25(23-22-20)17-10-6-3-7-11-17)24-12-18(19(21)13-24)16-8-4-2-5-9-16;/h2-11,14-15,18-19H,12-13,21H2,1H3;1H/t15?,18-,19+;/m0./s1. The Kier molecular flexibility index (Phi) is 5.71. The van der Waals surface area contributed by atoms with Crippen molar-refractivity contribution in [2.45, 2.75) is 24.9 Å². The van der Waals surface area contributed by atoms with Gasteiger partial charge in [-0.05, 0) is 24.6 Å². The van der Waals surface area contributed by atoms with E-state index in [-0.39, 0.29) is 24.5 Å². The fourth-order valence-corrected chi connectivity index (χ4v) is 3.59. The molecule has 0 spiro atoms. The van der Waals surface area contributed by atoms with Gasteiger partial charge in [-0.2, -0.15) is 0 Å². The van der Waals surface area contributed by atoms with E-state index in [0.717, 1.165) is 24.5 Å². The van der Waals surface area contributed by atoms with Crippen molar-refractivity contribution in [1.29, 1.82) is 0 Å². The molecule has 0 amide bonds. The summed E-state index contributed by atoms with van der Waals surface area (Å²) < 4.78 is 1.83. The number of halogens is 1. The Bertz CT molecular complexity index is 820. The van der Waals surface area contributed by atoms with Crippen LogP contribution in [-0.2, 0) is 0 Å². The summed E-state index contributed by atoms with van der Waals surface area (Å²) in [5.41, 5.74) is 9.75. The average molecular weight is 370 g/mol. The van der Waals surface area contributed by atoms with Gasteiger partial charge in [-0.3, -0.25) is 4.90 Å². The van der Waals surface area contributed by atoms with Gasteiger partial charge < -0.3 is 5.73 Å². The number of aromatic nitrogens is 3. The van der Waals surface area contributed by atoms with Crippen LogP contribution < -0.4 is 5.73 Å². The van der Waals surface area contributed by atoms with Crippen molar-refractivity contribution < 1.29 is 0 Å². The summed E-state index contributed by atoms with van der Waals surface area (Å²) >= 11 is 0. The first-order chi connectivity index (χ1) is 12.2. The number of rotatable bonds is 4. The van der Waals surface area contributed by atoms with Crippen LogP contribution in [0.25, 0.3) is 5.69 Å². The van der Waals surface area contributed by atoms with E-state index in [2.05, 4.69) is 46.4 Å². The first-order valence-corrected chi connectivity index (χ1v) is 8.74. The van der Waals surface area contributed by atoms with E-state index in [1.165, 1.54) is 5.56 Å². The van der Waals surface area contributed by atoms with Crippen molar-refractivity contribution in [3.05, 3.63) is 78.1 Å². The minimum absolute atomic E-state index is 0. The average Bonchev–Trinajstić information content (AvgIpc) is 3.30. The molecule has 0 saturated carbocycles. The lowest BCUT2D eigenvalue weighted by Gasteiger charge is -2.22. The van der Waals surface area contributed by atoms with Crippen LogP contribution in [0.1, 0.15) is 30.1 Å². The second-order valence-corrected chi connectivity index (χ2v) is 6.73. The summed E-state index contributed by atoms with van der Waals surface area (Å²) in [6.07, 6.45) is 2.02. The smallest absolute Gasteiger partial charge is 0.1000 e. The zero-order valence-corrected chi connectivity index (χ0v) is 15.6. The second-order valence-electron chi connectivity index (χ2n) is 6.73. The Hall–Kier alpha value is -2.21. The molecule has 1 aromatic heterocycles. The van der Waals surface area contributed by atoms with Crippen LogP contribution in [0, 0.1) is 0 Å². The van der Waals surface area contributed by atoms with Gasteiger partial charge in [0.05, 0.1) is 23.6 Å². The third-order valence-electron chi connectivity index (χ3n) is 5.13. The van der Waals surface area contributed by atoms with Crippen LogP contribution in [0.5, 0.6) is 0 Å². The number of nitrogens with two attached hydrogens (primary N) is 1. The van der Waals surface area contributed by atoms with Gasteiger partial charge in [0.25, 0.3) is 0 Å². The zero-order valence-electron chi connectivity index (χ0n) is 14.8. The van der Waals surface area contributed by atoms with Crippen molar-refractivity contribution in [3.8, 4) is 5.69 Å². The summed E-state index contributed by atoms with van der Waals surface area (Å²) in [5.74, 6) is 0.368. The van der Waals surface area contributed by atoms with Gasteiger partial charge in [0, 0.05) is 25.0 Å². The van der Waals surface area contributed by atoms with Gasteiger partial charge in [-0.25, -0.2) is 4.68 Å². The van der Waals surface area contributed by atoms with Crippen molar-refractivity contribution in [3.63, 3.8) is 0 Å². The monoisotopic (exact) mass is 369 g/mol. The Labute approximate surface area is 160 Å². The number of hydrogen-bond donors (Lipinski definition) is 1. The lowest BCUT2D eigenvalue weighted by Crippen LogP contribution is -2.30. The lowest BCUT2D eigenvalue weighted by atomic mass is 9.95. The van der Waals surface area contributed by atoms with E-state index in [1.54, 1.807) is 0 Å². The van der Waals surface area contributed by atoms with Crippen molar-refractivity contribution in [1.82, 2.24) is 19.9 Å². The molecule has 2 aromatic carbocycles. The molecular formula is C20H24ClN5. The molecule has 0 aliphatic carbocycles. The van der Waals surface area contributed by atoms with Gasteiger partial charge in [0.1, 0.15) is 0 Å². The van der Waals surface area contributed by atoms with Crippen LogP contribution >= 0.6 is 12.4 Å². The van der Waals surface area contributed by atoms with Gasteiger partial charge in [0.2, 0.25) is 0 Å². The van der Waals surface area contributed by atoms with Crippen molar-refractivity contribution >= 4 is 12.4 Å². The van der Waals surface area contributed by atoms with Gasteiger partial charge >= 0.3 is 0 Å². The highest BCUT2D eigenvalue weighted by Crippen LogP contribution is 2.31. The summed E-state index contributed by atoms with van der Waals surface area (Å²) in [4.78, 5) is 2.40. The normalized spacial score (nSPS) is 21.3. The molecule has 1 aliphatic heterocycles. The van der Waals surface area contributed by atoms with Crippen LogP contribution in [0.3, 0.4) is 0 Å². The summed E-state index contributed by atoms with van der Waals surface area (Å²) in [7, 11) is 0. The van der Waals surface area contributed by atoms with Crippen LogP contribution in [0.4, 0.5) is 0 Å². The van der Waals surface area contributed by atoms with E-state index in [0.29, 0.717) is 5.92 Å². The zero-order chi connectivity index (χ0) is 17.2. The van der Waals surface area contributed by atoms with Gasteiger partial charge in [-0.1, -0.05) is 53.7 Å². The molecule has 5 nitrogen and oxygen atoms in total. The van der Waals surface area contributed by atoms with Crippen LogP contribution in [-0.4, -0.2) is 39.0 Å². The molecule has 2 heterocycles. The van der Waals surface area contributed by atoms with Gasteiger partial charge in [0.15, 0.2) is 0 Å². The van der Waals surface area contributed by atoms with Crippen LogP contribution in [0.15, 0.2) is 66.9 Å². The minimum atomic E-state index is 0. The Balaban J connectivity index is 0.00000196. The highest BCUT2D eigenvalue weighted by atomic mass is 35.5. The maximum atomic E-state index is 6.43. The number of nitrogens with zero attached hydrogens (tertiary/aromatic N) is 4. The molecule has 1 aliphatic rings. The SMILES string of the molecule is CC(c1cn(-c2ccccc2)nn1)N1C[C@@H](N)[C@H](c2ccccc2)C1.Cl. The number of likely N-dealkylation sites (tertiary alicyclic amines) is 1. The third-order valence-corrected chi connectivity index (χ3v) is 5.13.